The molecule has 0 bridgehead atoms. The Morgan fingerprint density at radius 3 is 2.64 bits per heavy atom. The maximum atomic E-state index is 11.0. The minimum absolute atomic E-state index is 0.0583. The average molecular weight is 196 g/mol. The van der Waals surface area contributed by atoms with Crippen molar-refractivity contribution in [2.45, 2.75) is 0 Å². The van der Waals surface area contributed by atoms with Crippen LogP contribution in [0.5, 0.6) is 11.5 Å². The van der Waals surface area contributed by atoms with Crippen molar-refractivity contribution in [3.8, 4) is 11.5 Å². The summed E-state index contributed by atoms with van der Waals surface area (Å²) in [4.78, 5) is 11.0. The SMILES string of the molecule is COCC(=O)Oc1cccc(OC)c1. The Morgan fingerprint density at radius 2 is 2.00 bits per heavy atom. The molecule has 0 saturated carbocycles. The van der Waals surface area contributed by atoms with Gasteiger partial charge in [0.1, 0.15) is 18.1 Å². The van der Waals surface area contributed by atoms with Gasteiger partial charge in [-0.05, 0) is 12.1 Å². The molecule has 0 aromatic heterocycles. The van der Waals surface area contributed by atoms with Crippen LogP contribution in [0.4, 0.5) is 0 Å². The molecule has 0 unspecified atom stereocenters. The number of benzene rings is 1. The summed E-state index contributed by atoms with van der Waals surface area (Å²) in [5, 5.41) is 0. The molecule has 0 saturated heterocycles. The molecule has 14 heavy (non-hydrogen) atoms. The fourth-order valence-electron chi connectivity index (χ4n) is 0.943. The summed E-state index contributed by atoms with van der Waals surface area (Å²) in [6.45, 7) is -0.0583. The molecule has 1 aromatic rings. The van der Waals surface area contributed by atoms with Crippen LogP contribution >= 0.6 is 0 Å². The van der Waals surface area contributed by atoms with E-state index in [0.717, 1.165) is 0 Å². The molecule has 4 nitrogen and oxygen atoms in total. The fourth-order valence-corrected chi connectivity index (χ4v) is 0.943. The molecule has 0 spiro atoms. The Morgan fingerprint density at radius 1 is 1.29 bits per heavy atom. The molecule has 0 amide bonds. The van der Waals surface area contributed by atoms with Crippen LogP contribution in [0.2, 0.25) is 0 Å². The minimum Gasteiger partial charge on any atom is -0.497 e. The second-order valence-corrected chi connectivity index (χ2v) is 2.59. The van der Waals surface area contributed by atoms with E-state index in [1.165, 1.54) is 7.11 Å². The van der Waals surface area contributed by atoms with Crippen molar-refractivity contribution in [3.05, 3.63) is 24.3 Å². The van der Waals surface area contributed by atoms with Crippen molar-refractivity contribution in [1.29, 1.82) is 0 Å². The molecule has 76 valence electrons. The summed E-state index contributed by atoms with van der Waals surface area (Å²) >= 11 is 0. The van der Waals surface area contributed by atoms with Crippen LogP contribution in [0.15, 0.2) is 24.3 Å². The Labute approximate surface area is 82.4 Å². The van der Waals surface area contributed by atoms with E-state index in [1.54, 1.807) is 31.4 Å². The van der Waals surface area contributed by atoms with E-state index < -0.39 is 5.97 Å². The van der Waals surface area contributed by atoms with Crippen molar-refractivity contribution >= 4 is 5.97 Å². The van der Waals surface area contributed by atoms with Gasteiger partial charge >= 0.3 is 5.97 Å². The summed E-state index contributed by atoms with van der Waals surface area (Å²) in [5.41, 5.74) is 0. The number of hydrogen-bond acceptors (Lipinski definition) is 4. The van der Waals surface area contributed by atoms with Crippen LogP contribution in [-0.4, -0.2) is 26.8 Å². The van der Waals surface area contributed by atoms with E-state index in [0.29, 0.717) is 11.5 Å². The van der Waals surface area contributed by atoms with E-state index in [2.05, 4.69) is 4.74 Å². The molecule has 1 rings (SSSR count). The normalized spacial score (nSPS) is 9.57. The van der Waals surface area contributed by atoms with Gasteiger partial charge in [0, 0.05) is 13.2 Å². The van der Waals surface area contributed by atoms with Gasteiger partial charge < -0.3 is 14.2 Å². The smallest absolute Gasteiger partial charge is 0.337 e. The number of carbonyl (C=O) groups excluding carboxylic acids is 1. The van der Waals surface area contributed by atoms with Crippen LogP contribution in [0.3, 0.4) is 0 Å². The average Bonchev–Trinajstić information content (AvgIpc) is 2.18. The van der Waals surface area contributed by atoms with Crippen molar-refractivity contribution in [3.63, 3.8) is 0 Å². The van der Waals surface area contributed by atoms with Gasteiger partial charge in [-0.25, -0.2) is 4.79 Å². The van der Waals surface area contributed by atoms with Crippen LogP contribution in [0.25, 0.3) is 0 Å². The molecule has 0 aliphatic carbocycles. The highest BCUT2D eigenvalue weighted by Gasteiger charge is 2.04. The standard InChI is InChI=1S/C10H12O4/c1-12-7-10(11)14-9-5-3-4-8(6-9)13-2/h3-6H,7H2,1-2H3. The van der Waals surface area contributed by atoms with Gasteiger partial charge in [-0.2, -0.15) is 0 Å². The summed E-state index contributed by atoms with van der Waals surface area (Å²) in [5.74, 6) is 0.667. The maximum Gasteiger partial charge on any atom is 0.337 e. The predicted molar refractivity (Wildman–Crippen MR) is 50.5 cm³/mol. The van der Waals surface area contributed by atoms with Crippen LogP contribution < -0.4 is 9.47 Å². The molecule has 0 atom stereocenters. The van der Waals surface area contributed by atoms with Gasteiger partial charge in [0.25, 0.3) is 0 Å². The molecule has 0 heterocycles. The Bertz CT molecular complexity index is 309. The number of rotatable bonds is 4. The van der Waals surface area contributed by atoms with Crippen LogP contribution in [0, 0.1) is 0 Å². The zero-order valence-electron chi connectivity index (χ0n) is 8.15. The van der Waals surface area contributed by atoms with Gasteiger partial charge in [0.2, 0.25) is 0 Å². The largest absolute Gasteiger partial charge is 0.497 e. The molecule has 0 N–H and O–H groups in total. The summed E-state index contributed by atoms with van der Waals surface area (Å²) in [6.07, 6.45) is 0. The molecule has 0 fully saturated rings. The second-order valence-electron chi connectivity index (χ2n) is 2.59. The zero-order chi connectivity index (χ0) is 10.4. The van der Waals surface area contributed by atoms with Crippen LogP contribution in [-0.2, 0) is 9.53 Å². The molecule has 0 aliphatic rings. The minimum atomic E-state index is -0.430. The van der Waals surface area contributed by atoms with Gasteiger partial charge in [0.05, 0.1) is 7.11 Å². The van der Waals surface area contributed by atoms with Crippen molar-refractivity contribution in [2.24, 2.45) is 0 Å². The molecular formula is C10H12O4. The monoisotopic (exact) mass is 196 g/mol. The zero-order valence-corrected chi connectivity index (χ0v) is 8.15. The van der Waals surface area contributed by atoms with Gasteiger partial charge in [-0.3, -0.25) is 0 Å². The highest BCUT2D eigenvalue weighted by atomic mass is 16.6. The lowest BCUT2D eigenvalue weighted by Crippen LogP contribution is -2.14. The number of ether oxygens (including phenoxy) is 3. The maximum absolute atomic E-state index is 11.0. The predicted octanol–water partition coefficient (Wildman–Crippen LogP) is 1.25. The highest BCUT2D eigenvalue weighted by Crippen LogP contribution is 2.18. The topological polar surface area (TPSA) is 44.8 Å². The Balaban J connectivity index is 2.62. The van der Waals surface area contributed by atoms with Gasteiger partial charge in [-0.15, -0.1) is 0 Å². The van der Waals surface area contributed by atoms with Gasteiger partial charge in [-0.1, -0.05) is 6.07 Å². The van der Waals surface area contributed by atoms with E-state index in [1.807, 2.05) is 0 Å². The number of methoxy groups -OCH3 is 2. The van der Waals surface area contributed by atoms with E-state index >= 15 is 0 Å². The van der Waals surface area contributed by atoms with Gasteiger partial charge in [0.15, 0.2) is 0 Å². The van der Waals surface area contributed by atoms with E-state index in [-0.39, 0.29) is 6.61 Å². The second kappa shape index (κ2) is 5.24. The van der Waals surface area contributed by atoms with Crippen molar-refractivity contribution in [2.75, 3.05) is 20.8 Å². The third kappa shape index (κ3) is 3.06. The Hall–Kier alpha value is -1.55. The number of hydrogen-bond donors (Lipinski definition) is 0. The first-order valence-electron chi connectivity index (χ1n) is 4.10. The summed E-state index contributed by atoms with van der Waals surface area (Å²) < 4.78 is 14.6. The van der Waals surface area contributed by atoms with Crippen LogP contribution in [0.1, 0.15) is 0 Å². The third-order valence-corrected chi connectivity index (χ3v) is 1.54. The number of esters is 1. The van der Waals surface area contributed by atoms with Crippen molar-refractivity contribution in [1.82, 2.24) is 0 Å². The quantitative estimate of drug-likeness (QED) is 0.537. The fraction of sp³-hybridized carbons (Fsp3) is 0.300. The molecular weight excluding hydrogens is 184 g/mol. The molecule has 1 aromatic carbocycles. The highest BCUT2D eigenvalue weighted by molar-refractivity contribution is 5.73. The number of carbonyl (C=O) groups is 1. The first-order chi connectivity index (χ1) is 6.76. The lowest BCUT2D eigenvalue weighted by Gasteiger charge is -2.04. The lowest BCUT2D eigenvalue weighted by atomic mass is 10.3. The lowest BCUT2D eigenvalue weighted by molar-refractivity contribution is -0.138. The third-order valence-electron chi connectivity index (χ3n) is 1.54. The molecule has 0 radical (unpaired) electrons. The molecule has 0 aliphatic heterocycles. The van der Waals surface area contributed by atoms with E-state index in [4.69, 9.17) is 9.47 Å². The Kier molecular flexibility index (Phi) is 3.94. The van der Waals surface area contributed by atoms with E-state index in [9.17, 15) is 4.79 Å². The van der Waals surface area contributed by atoms with Crippen molar-refractivity contribution < 1.29 is 19.0 Å². The summed E-state index contributed by atoms with van der Waals surface area (Å²) in [7, 11) is 2.99. The summed E-state index contributed by atoms with van der Waals surface area (Å²) in [6, 6.07) is 6.82. The first kappa shape index (κ1) is 10.5. The first-order valence-corrected chi connectivity index (χ1v) is 4.10. The molecule has 4 heteroatoms.